The number of rotatable bonds is 4. The Morgan fingerprint density at radius 2 is 2.05 bits per heavy atom. The first-order chi connectivity index (χ1) is 10.6. The molecule has 1 amide bonds. The lowest BCUT2D eigenvalue weighted by Crippen LogP contribution is -2.29. The zero-order valence-electron chi connectivity index (χ0n) is 12.2. The zero-order valence-corrected chi connectivity index (χ0v) is 13.0. The minimum absolute atomic E-state index is 0.172. The maximum Gasteiger partial charge on any atom is 0.261 e. The number of nitrogens with one attached hydrogen (secondary N) is 1. The van der Waals surface area contributed by atoms with Gasteiger partial charge in [0.25, 0.3) is 5.91 Å². The van der Waals surface area contributed by atoms with E-state index in [4.69, 9.17) is 9.47 Å². The molecular weight excluding hydrogens is 302 g/mol. The van der Waals surface area contributed by atoms with Gasteiger partial charge in [-0.3, -0.25) is 4.79 Å². The summed E-state index contributed by atoms with van der Waals surface area (Å²) in [6.07, 6.45) is -0.554. The molecule has 6 heteroatoms. The first-order valence-electron chi connectivity index (χ1n) is 7.09. The SMILES string of the molecule is CC(O)CNC(=O)c1ccc(-c2ccc3c(c2)OCCO3)s1. The third-order valence-electron chi connectivity index (χ3n) is 3.21. The smallest absolute Gasteiger partial charge is 0.261 e. The second-order valence-corrected chi connectivity index (χ2v) is 6.17. The van der Waals surface area contributed by atoms with Crippen LogP contribution in [0.25, 0.3) is 10.4 Å². The van der Waals surface area contributed by atoms with E-state index in [0.717, 1.165) is 21.9 Å². The van der Waals surface area contributed by atoms with E-state index in [0.29, 0.717) is 18.1 Å². The highest BCUT2D eigenvalue weighted by Crippen LogP contribution is 2.36. The van der Waals surface area contributed by atoms with Crippen LogP contribution in [0, 0.1) is 0 Å². The molecule has 1 aromatic carbocycles. The quantitative estimate of drug-likeness (QED) is 0.907. The molecular formula is C16H17NO4S. The minimum atomic E-state index is -0.554. The van der Waals surface area contributed by atoms with E-state index >= 15 is 0 Å². The molecule has 0 fully saturated rings. The van der Waals surface area contributed by atoms with Crippen LogP contribution in [-0.4, -0.2) is 36.9 Å². The predicted octanol–water partition coefficient (Wildman–Crippen LogP) is 2.30. The van der Waals surface area contributed by atoms with Gasteiger partial charge in [-0.25, -0.2) is 0 Å². The molecule has 1 unspecified atom stereocenters. The molecule has 5 nitrogen and oxygen atoms in total. The highest BCUT2D eigenvalue weighted by atomic mass is 32.1. The summed E-state index contributed by atoms with van der Waals surface area (Å²) in [5.41, 5.74) is 0.990. The van der Waals surface area contributed by atoms with Crippen molar-refractivity contribution in [1.82, 2.24) is 5.32 Å². The molecule has 0 saturated carbocycles. The van der Waals surface area contributed by atoms with Gasteiger partial charge in [-0.15, -0.1) is 11.3 Å². The van der Waals surface area contributed by atoms with Crippen LogP contribution in [0.3, 0.4) is 0 Å². The number of hydrogen-bond acceptors (Lipinski definition) is 5. The van der Waals surface area contributed by atoms with Crippen molar-refractivity contribution in [2.24, 2.45) is 0 Å². The van der Waals surface area contributed by atoms with Gasteiger partial charge in [0.1, 0.15) is 13.2 Å². The fraction of sp³-hybridized carbons (Fsp3) is 0.312. The maximum absolute atomic E-state index is 12.0. The fourth-order valence-electron chi connectivity index (χ4n) is 2.14. The Bertz CT molecular complexity index is 681. The number of aliphatic hydroxyl groups is 1. The molecule has 1 aliphatic heterocycles. The summed E-state index contributed by atoms with van der Waals surface area (Å²) in [6, 6.07) is 9.47. The summed E-state index contributed by atoms with van der Waals surface area (Å²) >= 11 is 1.41. The lowest BCUT2D eigenvalue weighted by molar-refractivity contribution is 0.0928. The monoisotopic (exact) mass is 319 g/mol. The average molecular weight is 319 g/mol. The van der Waals surface area contributed by atoms with Crippen molar-refractivity contribution in [2.45, 2.75) is 13.0 Å². The molecule has 0 spiro atoms. The summed E-state index contributed by atoms with van der Waals surface area (Å²) in [5.74, 6) is 1.31. The molecule has 0 aliphatic carbocycles. The topological polar surface area (TPSA) is 67.8 Å². The Balaban J connectivity index is 1.77. The molecule has 0 radical (unpaired) electrons. The Morgan fingerprint density at radius 1 is 1.27 bits per heavy atom. The molecule has 2 N–H and O–H groups in total. The van der Waals surface area contributed by atoms with Crippen LogP contribution in [0.1, 0.15) is 16.6 Å². The van der Waals surface area contributed by atoms with Crippen molar-refractivity contribution in [2.75, 3.05) is 19.8 Å². The number of carbonyl (C=O) groups excluding carboxylic acids is 1. The Labute approximate surface area is 132 Å². The molecule has 0 saturated heterocycles. The Morgan fingerprint density at radius 3 is 2.82 bits per heavy atom. The van der Waals surface area contributed by atoms with Crippen LogP contribution >= 0.6 is 11.3 Å². The van der Waals surface area contributed by atoms with Gasteiger partial charge >= 0.3 is 0 Å². The number of hydrogen-bond donors (Lipinski definition) is 2. The van der Waals surface area contributed by atoms with Crippen molar-refractivity contribution in [3.05, 3.63) is 35.2 Å². The van der Waals surface area contributed by atoms with Gasteiger partial charge in [0.15, 0.2) is 11.5 Å². The largest absolute Gasteiger partial charge is 0.486 e. The number of amides is 1. The first kappa shape index (κ1) is 14.9. The summed E-state index contributed by atoms with van der Waals surface area (Å²) in [5, 5.41) is 11.9. The molecule has 1 aromatic heterocycles. The number of ether oxygens (including phenoxy) is 2. The Kier molecular flexibility index (Phi) is 4.31. The zero-order chi connectivity index (χ0) is 15.5. The lowest BCUT2D eigenvalue weighted by Gasteiger charge is -2.18. The number of aliphatic hydroxyl groups excluding tert-OH is 1. The summed E-state index contributed by atoms with van der Waals surface area (Å²) in [7, 11) is 0. The summed E-state index contributed by atoms with van der Waals surface area (Å²) in [4.78, 5) is 13.6. The third kappa shape index (κ3) is 3.23. The van der Waals surface area contributed by atoms with Crippen molar-refractivity contribution >= 4 is 17.2 Å². The van der Waals surface area contributed by atoms with Crippen molar-refractivity contribution in [3.63, 3.8) is 0 Å². The van der Waals surface area contributed by atoms with Gasteiger partial charge in [-0.1, -0.05) is 0 Å². The van der Waals surface area contributed by atoms with Crippen molar-refractivity contribution < 1.29 is 19.4 Å². The average Bonchev–Trinajstić information content (AvgIpc) is 3.02. The van der Waals surface area contributed by atoms with Crippen LogP contribution in [0.15, 0.2) is 30.3 Å². The Hall–Kier alpha value is -2.05. The summed E-state index contributed by atoms with van der Waals surface area (Å²) in [6.45, 7) is 3.00. The second-order valence-electron chi connectivity index (χ2n) is 5.08. The van der Waals surface area contributed by atoms with E-state index in [-0.39, 0.29) is 12.5 Å². The predicted molar refractivity (Wildman–Crippen MR) is 84.8 cm³/mol. The highest BCUT2D eigenvalue weighted by Gasteiger charge is 2.15. The van der Waals surface area contributed by atoms with E-state index in [9.17, 15) is 9.90 Å². The molecule has 116 valence electrons. The maximum atomic E-state index is 12.0. The van der Waals surface area contributed by atoms with E-state index in [1.54, 1.807) is 13.0 Å². The minimum Gasteiger partial charge on any atom is -0.486 e. The number of benzene rings is 1. The van der Waals surface area contributed by atoms with Crippen LogP contribution in [0.2, 0.25) is 0 Å². The van der Waals surface area contributed by atoms with Gasteiger partial charge < -0.3 is 19.9 Å². The number of thiophene rings is 1. The molecule has 2 heterocycles. The van der Waals surface area contributed by atoms with E-state index in [1.165, 1.54) is 11.3 Å². The van der Waals surface area contributed by atoms with E-state index in [1.807, 2.05) is 24.3 Å². The lowest BCUT2D eigenvalue weighted by atomic mass is 10.1. The third-order valence-corrected chi connectivity index (χ3v) is 4.35. The van der Waals surface area contributed by atoms with Crippen LogP contribution in [0.5, 0.6) is 11.5 Å². The van der Waals surface area contributed by atoms with Gasteiger partial charge in [-0.2, -0.15) is 0 Å². The number of fused-ring (bicyclic) bond motifs is 1. The standard InChI is InChI=1S/C16H17NO4S/c1-10(18)9-17-16(19)15-5-4-14(22-15)11-2-3-12-13(8-11)21-7-6-20-12/h2-5,8,10,18H,6-7,9H2,1H3,(H,17,19). The molecule has 1 atom stereocenters. The molecule has 3 rings (SSSR count). The van der Waals surface area contributed by atoms with Crippen LogP contribution in [-0.2, 0) is 0 Å². The van der Waals surface area contributed by atoms with Gasteiger partial charge in [0.05, 0.1) is 11.0 Å². The van der Waals surface area contributed by atoms with Crippen LogP contribution in [0.4, 0.5) is 0 Å². The molecule has 0 bridgehead atoms. The van der Waals surface area contributed by atoms with Crippen molar-refractivity contribution in [3.8, 4) is 21.9 Å². The molecule has 2 aromatic rings. The van der Waals surface area contributed by atoms with E-state index in [2.05, 4.69) is 5.32 Å². The molecule has 22 heavy (non-hydrogen) atoms. The fourth-order valence-corrected chi connectivity index (χ4v) is 3.06. The second kappa shape index (κ2) is 6.37. The van der Waals surface area contributed by atoms with E-state index < -0.39 is 6.10 Å². The number of carbonyl (C=O) groups is 1. The van der Waals surface area contributed by atoms with Gasteiger partial charge in [-0.05, 0) is 42.8 Å². The highest BCUT2D eigenvalue weighted by molar-refractivity contribution is 7.17. The van der Waals surface area contributed by atoms with Gasteiger partial charge in [0.2, 0.25) is 0 Å². The van der Waals surface area contributed by atoms with Gasteiger partial charge in [0, 0.05) is 11.4 Å². The first-order valence-corrected chi connectivity index (χ1v) is 7.91. The summed E-state index contributed by atoms with van der Waals surface area (Å²) < 4.78 is 11.1. The normalized spacial score (nSPS) is 14.5. The van der Waals surface area contributed by atoms with Crippen LogP contribution < -0.4 is 14.8 Å². The van der Waals surface area contributed by atoms with Crippen molar-refractivity contribution in [1.29, 1.82) is 0 Å². The molecule has 1 aliphatic rings.